The molecule has 1 aliphatic heterocycles. The van der Waals surface area contributed by atoms with Gasteiger partial charge in [0.25, 0.3) is 5.56 Å². The Morgan fingerprint density at radius 1 is 1.36 bits per heavy atom. The molecule has 2 aromatic heterocycles. The number of nitrogens with zero attached hydrogens (tertiary/aromatic N) is 5. The fraction of sp³-hybridized carbons (Fsp3) is 0.538. The molecule has 1 fully saturated rings. The van der Waals surface area contributed by atoms with Gasteiger partial charge < -0.3 is 14.7 Å². The van der Waals surface area contributed by atoms with E-state index >= 15 is 0 Å². The number of ether oxygens (including phenoxy) is 1. The number of carbonyl (C=O) groups excluding carboxylic acids is 1. The summed E-state index contributed by atoms with van der Waals surface area (Å²) in [6, 6.07) is 0. The van der Waals surface area contributed by atoms with Crippen LogP contribution in [0, 0.1) is 0 Å². The minimum atomic E-state index is -0.309. The maximum Gasteiger partial charge on any atom is 0.264 e. The highest BCUT2D eigenvalue weighted by Gasteiger charge is 2.18. The number of hydrogen-bond acceptors (Lipinski definition) is 6. The molecule has 0 spiro atoms. The van der Waals surface area contributed by atoms with Crippen LogP contribution >= 0.6 is 0 Å². The summed E-state index contributed by atoms with van der Waals surface area (Å²) in [6.45, 7) is 2.25. The van der Waals surface area contributed by atoms with Gasteiger partial charge in [-0.1, -0.05) is 0 Å². The zero-order valence-corrected chi connectivity index (χ0v) is 12.0. The maximum atomic E-state index is 12.4. The highest BCUT2D eigenvalue weighted by Crippen LogP contribution is 2.06. The van der Waals surface area contributed by atoms with E-state index in [2.05, 4.69) is 10.1 Å². The number of carbonyl (C=O) groups is 1. The van der Waals surface area contributed by atoms with E-state index in [9.17, 15) is 9.59 Å². The number of morpholine rings is 1. The van der Waals surface area contributed by atoms with Crippen molar-refractivity contribution in [1.29, 1.82) is 0 Å². The van der Waals surface area contributed by atoms with Crippen molar-refractivity contribution >= 4 is 16.9 Å². The lowest BCUT2D eigenvalue weighted by atomic mass is 10.3. The summed E-state index contributed by atoms with van der Waals surface area (Å²) in [6.07, 6.45) is 2.76. The molecule has 0 bridgehead atoms. The standard InChI is InChI=1S/C13H17N5O4/c19-4-1-18-12-10(7-15-18)13(21)17(9-14-12)8-11(20)16-2-5-22-6-3-16/h7,9,19H,1-6,8H2. The summed E-state index contributed by atoms with van der Waals surface area (Å²) in [7, 11) is 0. The molecule has 0 atom stereocenters. The lowest BCUT2D eigenvalue weighted by Gasteiger charge is -2.26. The molecule has 0 unspecified atom stereocenters. The number of rotatable bonds is 4. The summed E-state index contributed by atoms with van der Waals surface area (Å²) in [5.74, 6) is -0.130. The number of aliphatic hydroxyl groups is 1. The first-order chi connectivity index (χ1) is 10.7. The molecule has 0 aliphatic carbocycles. The van der Waals surface area contributed by atoms with Gasteiger partial charge in [0, 0.05) is 13.1 Å². The van der Waals surface area contributed by atoms with Crippen molar-refractivity contribution in [2.24, 2.45) is 0 Å². The second kappa shape index (κ2) is 6.24. The van der Waals surface area contributed by atoms with Gasteiger partial charge in [0.15, 0.2) is 5.65 Å². The number of aromatic nitrogens is 4. The van der Waals surface area contributed by atoms with Gasteiger partial charge in [0.2, 0.25) is 5.91 Å². The summed E-state index contributed by atoms with van der Waals surface area (Å²) in [5.41, 5.74) is 0.102. The van der Waals surface area contributed by atoms with E-state index in [1.165, 1.54) is 21.8 Å². The minimum Gasteiger partial charge on any atom is -0.394 e. The van der Waals surface area contributed by atoms with Crippen LogP contribution in [0.25, 0.3) is 11.0 Å². The molecule has 2 aromatic rings. The predicted molar refractivity (Wildman–Crippen MR) is 76.3 cm³/mol. The van der Waals surface area contributed by atoms with Crippen LogP contribution in [0.1, 0.15) is 0 Å². The molecule has 1 N–H and O–H groups in total. The van der Waals surface area contributed by atoms with Crippen molar-refractivity contribution in [2.75, 3.05) is 32.9 Å². The average molecular weight is 307 g/mol. The van der Waals surface area contributed by atoms with Crippen LogP contribution in [0.5, 0.6) is 0 Å². The fourth-order valence-electron chi connectivity index (χ4n) is 2.43. The summed E-state index contributed by atoms with van der Waals surface area (Å²) < 4.78 is 7.95. The van der Waals surface area contributed by atoms with Crippen molar-refractivity contribution < 1.29 is 14.6 Å². The van der Waals surface area contributed by atoms with Crippen LogP contribution in [-0.2, 0) is 22.6 Å². The topological polar surface area (TPSA) is 102 Å². The van der Waals surface area contributed by atoms with Crippen LogP contribution in [0.4, 0.5) is 0 Å². The van der Waals surface area contributed by atoms with E-state index in [-0.39, 0.29) is 31.2 Å². The third-order valence-electron chi connectivity index (χ3n) is 3.60. The summed E-state index contributed by atoms with van der Waals surface area (Å²) in [4.78, 5) is 30.4. The molecule has 9 heteroatoms. The van der Waals surface area contributed by atoms with Crippen LogP contribution < -0.4 is 5.56 Å². The molecule has 1 saturated heterocycles. The lowest BCUT2D eigenvalue weighted by molar-refractivity contribution is -0.135. The van der Waals surface area contributed by atoms with Crippen LogP contribution in [0.2, 0.25) is 0 Å². The molecular weight excluding hydrogens is 290 g/mol. The van der Waals surface area contributed by atoms with E-state index in [0.717, 1.165) is 0 Å². The van der Waals surface area contributed by atoms with Gasteiger partial charge in [0.05, 0.1) is 32.6 Å². The first kappa shape index (κ1) is 14.7. The molecule has 1 aliphatic rings. The largest absolute Gasteiger partial charge is 0.394 e. The Bertz CT molecular complexity index is 732. The summed E-state index contributed by atoms with van der Waals surface area (Å²) in [5, 5.41) is 13.3. The number of fused-ring (bicyclic) bond motifs is 1. The molecule has 3 heterocycles. The summed E-state index contributed by atoms with van der Waals surface area (Å²) >= 11 is 0. The molecule has 0 radical (unpaired) electrons. The van der Waals surface area contributed by atoms with E-state index < -0.39 is 0 Å². The van der Waals surface area contributed by atoms with Gasteiger partial charge in [0.1, 0.15) is 18.3 Å². The van der Waals surface area contributed by atoms with Crippen LogP contribution in [0.15, 0.2) is 17.3 Å². The average Bonchev–Trinajstić information content (AvgIpc) is 2.95. The van der Waals surface area contributed by atoms with Crippen molar-refractivity contribution in [3.8, 4) is 0 Å². The van der Waals surface area contributed by atoms with E-state index in [4.69, 9.17) is 9.84 Å². The first-order valence-electron chi connectivity index (χ1n) is 7.08. The molecule has 1 amide bonds. The Kier molecular flexibility index (Phi) is 4.16. The van der Waals surface area contributed by atoms with E-state index in [1.807, 2.05) is 0 Å². The second-order valence-electron chi connectivity index (χ2n) is 5.00. The maximum absolute atomic E-state index is 12.4. The monoisotopic (exact) mass is 307 g/mol. The minimum absolute atomic E-state index is 0.0487. The molecule has 118 valence electrons. The number of hydrogen-bond donors (Lipinski definition) is 1. The zero-order valence-electron chi connectivity index (χ0n) is 12.0. The Balaban J connectivity index is 1.83. The van der Waals surface area contributed by atoms with E-state index in [0.29, 0.717) is 37.3 Å². The highest BCUT2D eigenvalue weighted by molar-refractivity contribution is 5.77. The quantitative estimate of drug-likeness (QED) is 0.733. The normalized spacial score (nSPS) is 15.4. The van der Waals surface area contributed by atoms with Crippen molar-refractivity contribution in [1.82, 2.24) is 24.2 Å². The van der Waals surface area contributed by atoms with Crippen LogP contribution in [-0.4, -0.2) is 68.2 Å². The van der Waals surface area contributed by atoms with Crippen LogP contribution in [0.3, 0.4) is 0 Å². The Hall–Kier alpha value is -2.26. The third kappa shape index (κ3) is 2.72. The molecule has 9 nitrogen and oxygen atoms in total. The number of amides is 1. The third-order valence-corrected chi connectivity index (χ3v) is 3.60. The smallest absolute Gasteiger partial charge is 0.264 e. The molecule has 0 aromatic carbocycles. The van der Waals surface area contributed by atoms with Gasteiger partial charge in [-0.15, -0.1) is 0 Å². The van der Waals surface area contributed by atoms with Gasteiger partial charge in [-0.05, 0) is 0 Å². The van der Waals surface area contributed by atoms with Gasteiger partial charge in [-0.2, -0.15) is 5.10 Å². The van der Waals surface area contributed by atoms with Crippen molar-refractivity contribution in [3.63, 3.8) is 0 Å². The van der Waals surface area contributed by atoms with Crippen molar-refractivity contribution in [3.05, 3.63) is 22.9 Å². The van der Waals surface area contributed by atoms with Gasteiger partial charge in [-0.25, -0.2) is 9.67 Å². The highest BCUT2D eigenvalue weighted by atomic mass is 16.5. The second-order valence-corrected chi connectivity index (χ2v) is 5.00. The first-order valence-corrected chi connectivity index (χ1v) is 7.08. The Morgan fingerprint density at radius 2 is 2.14 bits per heavy atom. The molecule has 22 heavy (non-hydrogen) atoms. The van der Waals surface area contributed by atoms with Gasteiger partial charge >= 0.3 is 0 Å². The molecule has 0 saturated carbocycles. The fourth-order valence-corrected chi connectivity index (χ4v) is 2.43. The van der Waals surface area contributed by atoms with Gasteiger partial charge in [-0.3, -0.25) is 14.2 Å². The SMILES string of the molecule is O=C(Cn1cnc2c(cnn2CCO)c1=O)N1CCOCC1. The van der Waals surface area contributed by atoms with E-state index in [1.54, 1.807) is 4.90 Å². The lowest BCUT2D eigenvalue weighted by Crippen LogP contribution is -2.43. The molecule has 3 rings (SSSR count). The van der Waals surface area contributed by atoms with Crippen molar-refractivity contribution in [2.45, 2.75) is 13.1 Å². The zero-order chi connectivity index (χ0) is 15.5. The Labute approximate surface area is 125 Å². The molecular formula is C13H17N5O4. The number of aliphatic hydroxyl groups excluding tert-OH is 1. The predicted octanol–water partition coefficient (Wildman–Crippen LogP) is -1.56. The Morgan fingerprint density at radius 3 is 2.86 bits per heavy atom.